The van der Waals surface area contributed by atoms with Crippen molar-refractivity contribution in [3.05, 3.63) is 39.4 Å². The Balaban J connectivity index is 2.60. The number of carbonyl (C=O) groups is 1. The van der Waals surface area contributed by atoms with Crippen molar-refractivity contribution in [1.29, 1.82) is 0 Å². The van der Waals surface area contributed by atoms with Crippen molar-refractivity contribution in [2.45, 2.75) is 32.1 Å². The summed E-state index contributed by atoms with van der Waals surface area (Å²) in [5, 5.41) is 13.6. The molecule has 1 heterocycles. The number of nitro benzene ring substituents is 1. The van der Waals surface area contributed by atoms with E-state index in [4.69, 9.17) is 0 Å². The highest BCUT2D eigenvalue weighted by atomic mass is 16.6. The highest BCUT2D eigenvalue weighted by molar-refractivity contribution is 5.98. The zero-order valence-electron chi connectivity index (χ0n) is 10.5. The first-order chi connectivity index (χ1) is 8.54. The summed E-state index contributed by atoms with van der Waals surface area (Å²) in [6.07, 6.45) is 1.79. The minimum absolute atomic E-state index is 0.0353. The molecule has 1 amide bonds. The van der Waals surface area contributed by atoms with Crippen molar-refractivity contribution < 1.29 is 9.72 Å². The van der Waals surface area contributed by atoms with E-state index in [1.807, 2.05) is 0 Å². The number of hydrogen-bond acceptors (Lipinski definition) is 3. The number of benzene rings is 1. The lowest BCUT2D eigenvalue weighted by Gasteiger charge is -2.37. The number of non-ortho nitro benzene ring substituents is 1. The van der Waals surface area contributed by atoms with Gasteiger partial charge in [-0.3, -0.25) is 14.9 Å². The van der Waals surface area contributed by atoms with Gasteiger partial charge in [0, 0.05) is 29.7 Å². The summed E-state index contributed by atoms with van der Waals surface area (Å²) in [5.74, 6) is -0.216. The van der Waals surface area contributed by atoms with Gasteiger partial charge in [-0.2, -0.15) is 0 Å². The number of carbonyl (C=O) groups excluding carboxylic acids is 1. The number of nitrogens with one attached hydrogen (secondary N) is 1. The molecule has 0 saturated heterocycles. The van der Waals surface area contributed by atoms with Gasteiger partial charge in [0.25, 0.3) is 11.6 Å². The lowest BCUT2D eigenvalue weighted by atomic mass is 9.72. The fraction of sp³-hybridized carbons (Fsp3) is 0.462. The molecule has 0 spiro atoms. The van der Waals surface area contributed by atoms with E-state index in [9.17, 15) is 14.9 Å². The predicted molar refractivity (Wildman–Crippen MR) is 67.7 cm³/mol. The molecule has 0 radical (unpaired) electrons. The maximum Gasteiger partial charge on any atom is 0.270 e. The highest BCUT2D eigenvalue weighted by Crippen LogP contribution is 2.37. The summed E-state index contributed by atoms with van der Waals surface area (Å²) in [5.41, 5.74) is 1.24. The fourth-order valence-corrected chi connectivity index (χ4v) is 2.62. The first-order valence-electron chi connectivity index (χ1n) is 6.11. The Bertz CT molecular complexity index is 507. The molecule has 0 atom stereocenters. The van der Waals surface area contributed by atoms with E-state index in [0.717, 1.165) is 18.4 Å². The van der Waals surface area contributed by atoms with E-state index in [0.29, 0.717) is 12.1 Å². The molecule has 0 aliphatic carbocycles. The molecule has 5 heteroatoms. The minimum atomic E-state index is -0.470. The molecule has 1 aromatic rings. The van der Waals surface area contributed by atoms with Crippen molar-refractivity contribution in [3.63, 3.8) is 0 Å². The maximum atomic E-state index is 11.8. The monoisotopic (exact) mass is 248 g/mol. The lowest BCUT2D eigenvalue weighted by Crippen LogP contribution is -2.46. The van der Waals surface area contributed by atoms with E-state index in [-0.39, 0.29) is 17.0 Å². The Morgan fingerprint density at radius 1 is 1.39 bits per heavy atom. The molecule has 1 aliphatic rings. The third-order valence-electron chi connectivity index (χ3n) is 3.97. The molecule has 0 bridgehead atoms. The molecule has 1 aliphatic heterocycles. The summed E-state index contributed by atoms with van der Waals surface area (Å²) >= 11 is 0. The van der Waals surface area contributed by atoms with Gasteiger partial charge in [0.15, 0.2) is 0 Å². The predicted octanol–water partition coefficient (Wildman–Crippen LogP) is 2.40. The molecule has 0 saturated carbocycles. The Kier molecular flexibility index (Phi) is 3.07. The van der Waals surface area contributed by atoms with Gasteiger partial charge in [-0.1, -0.05) is 19.9 Å². The summed E-state index contributed by atoms with van der Waals surface area (Å²) in [6.45, 7) is 4.75. The van der Waals surface area contributed by atoms with Crippen LogP contribution >= 0.6 is 0 Å². The van der Waals surface area contributed by atoms with Crippen LogP contribution in [0.1, 0.15) is 42.6 Å². The van der Waals surface area contributed by atoms with Crippen LogP contribution in [0.15, 0.2) is 18.2 Å². The van der Waals surface area contributed by atoms with Crippen LogP contribution in [0.25, 0.3) is 0 Å². The van der Waals surface area contributed by atoms with Gasteiger partial charge in [0.1, 0.15) is 0 Å². The number of nitro groups is 1. The van der Waals surface area contributed by atoms with Gasteiger partial charge in [-0.15, -0.1) is 0 Å². The van der Waals surface area contributed by atoms with Crippen LogP contribution in [0, 0.1) is 10.1 Å². The zero-order chi connectivity index (χ0) is 13.3. The van der Waals surface area contributed by atoms with Crippen molar-refractivity contribution >= 4 is 11.6 Å². The molecule has 0 unspecified atom stereocenters. The second-order valence-electron chi connectivity index (χ2n) is 4.66. The summed E-state index contributed by atoms with van der Waals surface area (Å²) in [6, 6.07) is 4.60. The number of amides is 1. The molecular formula is C13H16N2O3. The van der Waals surface area contributed by atoms with Gasteiger partial charge < -0.3 is 5.32 Å². The standard InChI is InChI=1S/C13H16N2O3/c1-3-13(4-2)8-14-12(16)10-7-9(15(17)18)5-6-11(10)13/h5-7H,3-4,8H2,1-2H3,(H,14,16). The average Bonchev–Trinajstić information content (AvgIpc) is 2.40. The first-order valence-corrected chi connectivity index (χ1v) is 6.11. The van der Waals surface area contributed by atoms with Crippen LogP contribution in [0.4, 0.5) is 5.69 Å². The van der Waals surface area contributed by atoms with Crippen molar-refractivity contribution in [2.75, 3.05) is 6.54 Å². The van der Waals surface area contributed by atoms with Crippen molar-refractivity contribution in [1.82, 2.24) is 5.32 Å². The summed E-state index contributed by atoms with van der Waals surface area (Å²) in [4.78, 5) is 22.1. The smallest absolute Gasteiger partial charge is 0.270 e. The molecular weight excluding hydrogens is 232 g/mol. The zero-order valence-corrected chi connectivity index (χ0v) is 10.5. The third kappa shape index (κ3) is 1.75. The van der Waals surface area contributed by atoms with Gasteiger partial charge in [-0.25, -0.2) is 0 Å². The third-order valence-corrected chi connectivity index (χ3v) is 3.97. The number of nitrogens with zero attached hydrogens (tertiary/aromatic N) is 1. The van der Waals surface area contributed by atoms with Crippen LogP contribution in [-0.2, 0) is 5.41 Å². The molecule has 1 aromatic carbocycles. The summed E-state index contributed by atoms with van der Waals surface area (Å²) < 4.78 is 0. The molecule has 18 heavy (non-hydrogen) atoms. The van der Waals surface area contributed by atoms with Gasteiger partial charge in [0.2, 0.25) is 0 Å². The molecule has 1 N–H and O–H groups in total. The molecule has 0 aromatic heterocycles. The van der Waals surface area contributed by atoms with E-state index >= 15 is 0 Å². The van der Waals surface area contributed by atoms with Gasteiger partial charge in [-0.05, 0) is 18.4 Å². The first kappa shape index (κ1) is 12.5. The minimum Gasteiger partial charge on any atom is -0.351 e. The second kappa shape index (κ2) is 4.40. The van der Waals surface area contributed by atoms with Gasteiger partial charge in [0.05, 0.1) is 4.92 Å². The Labute approximate surface area is 105 Å². The van der Waals surface area contributed by atoms with Gasteiger partial charge >= 0.3 is 0 Å². The quantitative estimate of drug-likeness (QED) is 0.659. The van der Waals surface area contributed by atoms with Crippen molar-refractivity contribution in [2.24, 2.45) is 0 Å². The van der Waals surface area contributed by atoms with E-state index in [2.05, 4.69) is 19.2 Å². The Morgan fingerprint density at radius 2 is 2.06 bits per heavy atom. The number of fused-ring (bicyclic) bond motifs is 1. The molecule has 0 fully saturated rings. The molecule has 96 valence electrons. The average molecular weight is 248 g/mol. The largest absolute Gasteiger partial charge is 0.351 e. The van der Waals surface area contributed by atoms with Crippen LogP contribution in [-0.4, -0.2) is 17.4 Å². The van der Waals surface area contributed by atoms with Crippen LogP contribution in [0.2, 0.25) is 0 Å². The van der Waals surface area contributed by atoms with Crippen molar-refractivity contribution in [3.8, 4) is 0 Å². The van der Waals surface area contributed by atoms with Crippen LogP contribution in [0.5, 0.6) is 0 Å². The highest BCUT2D eigenvalue weighted by Gasteiger charge is 2.37. The number of rotatable bonds is 3. The Morgan fingerprint density at radius 3 is 2.61 bits per heavy atom. The summed E-state index contributed by atoms with van der Waals surface area (Å²) in [7, 11) is 0. The Hall–Kier alpha value is -1.91. The molecule has 5 nitrogen and oxygen atoms in total. The SMILES string of the molecule is CCC1(CC)CNC(=O)c2cc([N+](=O)[O-])ccc21. The topological polar surface area (TPSA) is 72.2 Å². The van der Waals surface area contributed by atoms with E-state index < -0.39 is 4.92 Å². The lowest BCUT2D eigenvalue weighted by molar-refractivity contribution is -0.384. The van der Waals surface area contributed by atoms with E-state index in [1.54, 1.807) is 6.07 Å². The maximum absolute atomic E-state index is 11.8. The normalized spacial score (nSPS) is 16.9. The van der Waals surface area contributed by atoms with E-state index in [1.165, 1.54) is 12.1 Å². The van der Waals surface area contributed by atoms with Crippen LogP contribution in [0.3, 0.4) is 0 Å². The molecule has 2 rings (SSSR count). The number of hydrogen-bond donors (Lipinski definition) is 1. The second-order valence-corrected chi connectivity index (χ2v) is 4.66. The fourth-order valence-electron chi connectivity index (χ4n) is 2.62. The van der Waals surface area contributed by atoms with Crippen LogP contribution < -0.4 is 5.32 Å².